The number of aryl methyl sites for hydroxylation is 1. The predicted octanol–water partition coefficient (Wildman–Crippen LogP) is 5.16. The number of amidine groups is 1. The molecule has 2 saturated heterocycles. The Balaban J connectivity index is 1.19. The number of thioether (sulfide) groups is 1. The van der Waals surface area contributed by atoms with Gasteiger partial charge < -0.3 is 0 Å². The number of nitrogens with one attached hydrogen (secondary N) is 2. The van der Waals surface area contributed by atoms with Crippen molar-refractivity contribution in [2.75, 3.05) is 10.3 Å². The number of carbonyl (C=O) groups excluding carboxylic acids is 4. The van der Waals surface area contributed by atoms with Gasteiger partial charge >= 0.3 is 0 Å². The molecule has 4 aromatic rings. The van der Waals surface area contributed by atoms with Gasteiger partial charge in [-0.2, -0.15) is 15.4 Å². The zero-order valence-electron chi connectivity index (χ0n) is 25.5. The van der Waals surface area contributed by atoms with Crippen LogP contribution >= 0.6 is 11.8 Å². The molecule has 2 N–H and O–H groups in total. The van der Waals surface area contributed by atoms with Gasteiger partial charge in [-0.3, -0.25) is 34.9 Å². The fourth-order valence-corrected chi connectivity index (χ4v) is 8.24. The van der Waals surface area contributed by atoms with Crippen LogP contribution in [-0.2, 0) is 19.2 Å². The van der Waals surface area contributed by atoms with Crippen LogP contribution < -0.4 is 15.8 Å². The van der Waals surface area contributed by atoms with E-state index >= 15 is 0 Å². The van der Waals surface area contributed by atoms with Crippen molar-refractivity contribution in [1.29, 1.82) is 5.26 Å². The lowest BCUT2D eigenvalue weighted by molar-refractivity contribution is -0.165. The second-order valence-corrected chi connectivity index (χ2v) is 12.9. The number of hydrazine groups is 1. The van der Waals surface area contributed by atoms with Crippen LogP contribution in [-0.4, -0.2) is 33.7 Å². The molecule has 0 saturated carbocycles. The van der Waals surface area contributed by atoms with Gasteiger partial charge in [0, 0.05) is 17.5 Å². The van der Waals surface area contributed by atoms with Crippen LogP contribution in [0, 0.1) is 30.1 Å². The molecule has 9 rings (SSSR count). The van der Waals surface area contributed by atoms with E-state index in [1.54, 1.807) is 30.3 Å². The Morgan fingerprint density at radius 2 is 1.38 bits per heavy atom. The number of imide groups is 1. The lowest BCUT2D eigenvalue weighted by atomic mass is 9.53. The van der Waals surface area contributed by atoms with Crippen LogP contribution in [0.1, 0.15) is 39.7 Å². The Morgan fingerprint density at radius 3 is 1.96 bits per heavy atom. The highest BCUT2D eigenvalue weighted by atomic mass is 32.2. The topological polar surface area (TPSA) is 135 Å². The molecule has 11 heteroatoms. The molecule has 3 amide bonds. The van der Waals surface area contributed by atoms with Gasteiger partial charge in [-0.15, -0.1) is 0 Å². The minimum Gasteiger partial charge on any atom is -0.282 e. The van der Waals surface area contributed by atoms with Gasteiger partial charge in [0.05, 0.1) is 17.5 Å². The summed E-state index contributed by atoms with van der Waals surface area (Å²) in [5.41, 5.74) is 11.0. The van der Waals surface area contributed by atoms with Crippen molar-refractivity contribution < 1.29 is 19.2 Å². The summed E-state index contributed by atoms with van der Waals surface area (Å²) in [5, 5.41) is 14.9. The summed E-state index contributed by atoms with van der Waals surface area (Å²) in [5.74, 6) is -4.57. The Labute approximate surface area is 279 Å². The number of para-hydroxylation sites is 1. The first-order chi connectivity index (χ1) is 23.4. The molecular formula is C37H26N6O4S. The summed E-state index contributed by atoms with van der Waals surface area (Å²) in [7, 11) is 0. The third-order valence-electron chi connectivity index (χ3n) is 9.35. The number of hydrazone groups is 1. The van der Waals surface area contributed by atoms with Crippen molar-refractivity contribution in [3.63, 3.8) is 0 Å². The molecular weight excluding hydrogens is 625 g/mol. The Hall–Kier alpha value is -5.99. The molecule has 0 spiro atoms. The molecule has 48 heavy (non-hydrogen) atoms. The third kappa shape index (κ3) is 4.45. The third-order valence-corrected chi connectivity index (χ3v) is 10.3. The number of amides is 3. The predicted molar refractivity (Wildman–Crippen MR) is 180 cm³/mol. The van der Waals surface area contributed by atoms with Gasteiger partial charge in [0.2, 0.25) is 11.7 Å². The Morgan fingerprint density at radius 1 is 0.812 bits per heavy atom. The molecule has 0 radical (unpaired) electrons. The van der Waals surface area contributed by atoms with Crippen LogP contribution in [0.2, 0.25) is 0 Å². The van der Waals surface area contributed by atoms with Crippen LogP contribution in [0.5, 0.6) is 0 Å². The summed E-state index contributed by atoms with van der Waals surface area (Å²) < 4.78 is 0. The first-order valence-corrected chi connectivity index (χ1v) is 16.2. The summed E-state index contributed by atoms with van der Waals surface area (Å²) in [6, 6.07) is 33.7. The van der Waals surface area contributed by atoms with E-state index in [4.69, 9.17) is 0 Å². The molecule has 3 aliphatic carbocycles. The molecule has 5 aliphatic rings. The fraction of sp³-hybridized carbons (Fsp3) is 0.135. The molecule has 2 atom stereocenters. The van der Waals surface area contributed by atoms with Crippen LogP contribution in [0.3, 0.4) is 0 Å². The summed E-state index contributed by atoms with van der Waals surface area (Å²) in [6.07, 6.45) is 0. The minimum atomic E-state index is -1.03. The number of nitriles is 1. The number of anilines is 2. The standard InChI is InChI=1S/C37H26N6O4S/c1-20-15-17-21(18-16-20)39-40-32-37(47)48-36(42(32)22-9-3-2-4-10-22)27(19-38)34(45)43-35(46)31-29-25-13-7-5-11-23(25)28(30(31)33(44)41-43)24-12-6-8-14-26(24)29/h2-18,28-31,39H,1H3,(H,41,44)/b36-27+,40-32-. The average molecular weight is 651 g/mol. The summed E-state index contributed by atoms with van der Waals surface area (Å²) in [6.45, 7) is 1.95. The van der Waals surface area contributed by atoms with Crippen molar-refractivity contribution in [2.24, 2.45) is 16.9 Å². The Bertz CT molecular complexity index is 2110. The van der Waals surface area contributed by atoms with E-state index in [1.807, 2.05) is 85.8 Å². The van der Waals surface area contributed by atoms with Gasteiger partial charge in [0.25, 0.3) is 16.9 Å². The second kappa shape index (κ2) is 11.4. The van der Waals surface area contributed by atoms with E-state index in [0.717, 1.165) is 27.8 Å². The number of benzene rings is 4. The van der Waals surface area contributed by atoms with E-state index in [9.17, 15) is 24.4 Å². The van der Waals surface area contributed by atoms with Crippen molar-refractivity contribution in [2.45, 2.75) is 18.8 Å². The SMILES string of the molecule is Cc1ccc(N/N=C2/C(=O)S/C(=C(\C#N)C(=O)N3NC(=O)C4C5c6ccccc6C(c6ccccc65)C4C3=O)N2c2ccccc2)cc1. The lowest BCUT2D eigenvalue weighted by Gasteiger charge is -2.52. The number of nitrogens with zero attached hydrogens (tertiary/aromatic N) is 4. The number of carbonyl (C=O) groups is 4. The highest BCUT2D eigenvalue weighted by Crippen LogP contribution is 2.59. The van der Waals surface area contributed by atoms with Crippen molar-refractivity contribution in [1.82, 2.24) is 10.4 Å². The number of hydrogen-bond donors (Lipinski definition) is 2. The average Bonchev–Trinajstić information content (AvgIpc) is 3.44. The molecule has 234 valence electrons. The van der Waals surface area contributed by atoms with Crippen molar-refractivity contribution in [3.05, 3.63) is 142 Å². The molecule has 2 aliphatic heterocycles. The zero-order chi connectivity index (χ0) is 33.1. The quantitative estimate of drug-likeness (QED) is 0.176. The van der Waals surface area contributed by atoms with Gasteiger partial charge in [-0.25, -0.2) is 0 Å². The van der Waals surface area contributed by atoms with Gasteiger partial charge in [-0.05, 0) is 65.2 Å². The van der Waals surface area contributed by atoms with Crippen molar-refractivity contribution >= 4 is 51.8 Å². The lowest BCUT2D eigenvalue weighted by Crippen LogP contribution is -2.65. The zero-order valence-corrected chi connectivity index (χ0v) is 26.3. The number of hydrogen-bond acceptors (Lipinski definition) is 8. The maximum atomic E-state index is 14.4. The van der Waals surface area contributed by atoms with Crippen LogP contribution in [0.25, 0.3) is 0 Å². The first kappa shape index (κ1) is 29.4. The van der Waals surface area contributed by atoms with Crippen LogP contribution in [0.15, 0.2) is 119 Å². The maximum absolute atomic E-state index is 14.4. The number of rotatable bonds is 4. The molecule has 2 bridgehead atoms. The summed E-state index contributed by atoms with van der Waals surface area (Å²) >= 11 is 0.659. The molecule has 4 aromatic carbocycles. The fourth-order valence-electron chi connectivity index (χ4n) is 7.31. The molecule has 2 heterocycles. The maximum Gasteiger partial charge on any atom is 0.292 e. The highest BCUT2D eigenvalue weighted by Gasteiger charge is 2.59. The van der Waals surface area contributed by atoms with Gasteiger partial charge in [0.1, 0.15) is 11.1 Å². The first-order valence-electron chi connectivity index (χ1n) is 15.4. The van der Waals surface area contributed by atoms with Gasteiger partial charge in [-0.1, -0.05) is 84.4 Å². The normalized spacial score (nSPS) is 24.0. The van der Waals surface area contributed by atoms with E-state index in [0.29, 0.717) is 28.1 Å². The van der Waals surface area contributed by atoms with E-state index in [-0.39, 0.29) is 16.8 Å². The molecule has 0 aromatic heterocycles. The van der Waals surface area contributed by atoms with E-state index < -0.39 is 46.2 Å². The smallest absolute Gasteiger partial charge is 0.282 e. The second-order valence-electron chi connectivity index (χ2n) is 12.0. The highest BCUT2D eigenvalue weighted by molar-refractivity contribution is 8.19. The van der Waals surface area contributed by atoms with Crippen molar-refractivity contribution in [3.8, 4) is 6.07 Å². The van der Waals surface area contributed by atoms with Crippen LogP contribution in [0.4, 0.5) is 11.4 Å². The van der Waals surface area contributed by atoms with Gasteiger partial charge in [0.15, 0.2) is 5.57 Å². The van der Waals surface area contributed by atoms with E-state index in [2.05, 4.69) is 16.0 Å². The van der Waals surface area contributed by atoms with E-state index in [1.165, 1.54) is 4.90 Å². The summed E-state index contributed by atoms with van der Waals surface area (Å²) in [4.78, 5) is 57.4. The minimum absolute atomic E-state index is 0.0202. The Kier molecular flexibility index (Phi) is 6.96. The molecule has 2 fully saturated rings. The monoisotopic (exact) mass is 650 g/mol. The molecule has 10 nitrogen and oxygen atoms in total. The molecule has 2 unspecified atom stereocenters. The largest absolute Gasteiger partial charge is 0.292 e.